The second kappa shape index (κ2) is 8.77. The van der Waals surface area contributed by atoms with E-state index in [0.717, 1.165) is 16.8 Å². The van der Waals surface area contributed by atoms with Gasteiger partial charge in [0.2, 0.25) is 5.91 Å². The van der Waals surface area contributed by atoms with E-state index in [4.69, 9.17) is 9.47 Å². The molecule has 1 fully saturated rings. The highest BCUT2D eigenvalue weighted by Gasteiger charge is 2.37. The molecule has 0 saturated carbocycles. The van der Waals surface area contributed by atoms with Gasteiger partial charge in [0, 0.05) is 30.4 Å². The number of ether oxygens (including phenoxy) is 2. The summed E-state index contributed by atoms with van der Waals surface area (Å²) in [5.74, 6) is -1.11. The Hall–Kier alpha value is -3.35. The van der Waals surface area contributed by atoms with Gasteiger partial charge in [-0.05, 0) is 37.1 Å². The highest BCUT2D eigenvalue weighted by atomic mass is 16.5. The van der Waals surface area contributed by atoms with Gasteiger partial charge < -0.3 is 19.7 Å². The molecule has 1 aliphatic rings. The van der Waals surface area contributed by atoms with Gasteiger partial charge in [0.15, 0.2) is 6.61 Å². The van der Waals surface area contributed by atoms with Crippen molar-refractivity contribution in [2.75, 3.05) is 30.5 Å². The van der Waals surface area contributed by atoms with Crippen LogP contribution >= 0.6 is 0 Å². The molecule has 0 unspecified atom stereocenters. The number of carbonyl (C=O) groups is 3. The summed E-state index contributed by atoms with van der Waals surface area (Å²) in [5.41, 5.74) is 3.33. The van der Waals surface area contributed by atoms with E-state index in [0.29, 0.717) is 11.4 Å². The summed E-state index contributed by atoms with van der Waals surface area (Å²) in [6.45, 7) is 3.71. The summed E-state index contributed by atoms with van der Waals surface area (Å²) in [4.78, 5) is 38.6. The Kier molecular flexibility index (Phi) is 6.16. The Morgan fingerprint density at radius 3 is 2.52 bits per heavy atom. The van der Waals surface area contributed by atoms with Crippen LogP contribution in [0.15, 0.2) is 42.5 Å². The molecule has 0 aliphatic carbocycles. The molecule has 7 nitrogen and oxygen atoms in total. The number of hydrogen-bond donors (Lipinski definition) is 1. The van der Waals surface area contributed by atoms with Gasteiger partial charge >= 0.3 is 5.97 Å². The van der Waals surface area contributed by atoms with Crippen molar-refractivity contribution in [3.05, 3.63) is 53.6 Å². The molecule has 29 heavy (non-hydrogen) atoms. The largest absolute Gasteiger partial charge is 0.497 e. The van der Waals surface area contributed by atoms with Crippen LogP contribution in [0.3, 0.4) is 0 Å². The third-order valence-electron chi connectivity index (χ3n) is 4.87. The maximum Gasteiger partial charge on any atom is 0.311 e. The number of aryl methyl sites for hydroxylation is 2. The zero-order valence-corrected chi connectivity index (χ0v) is 16.7. The Balaban J connectivity index is 1.56. The Morgan fingerprint density at radius 1 is 1.14 bits per heavy atom. The summed E-state index contributed by atoms with van der Waals surface area (Å²) in [5, 5.41) is 2.65. The third-order valence-corrected chi connectivity index (χ3v) is 4.87. The van der Waals surface area contributed by atoms with Gasteiger partial charge in [-0.3, -0.25) is 14.4 Å². The highest BCUT2D eigenvalue weighted by Crippen LogP contribution is 2.31. The van der Waals surface area contributed by atoms with E-state index in [1.54, 1.807) is 29.2 Å². The van der Waals surface area contributed by atoms with Crippen molar-refractivity contribution in [2.24, 2.45) is 5.92 Å². The molecule has 7 heteroatoms. The number of nitrogens with zero attached hydrogens (tertiary/aromatic N) is 1. The van der Waals surface area contributed by atoms with Crippen LogP contribution in [0, 0.1) is 19.8 Å². The fraction of sp³-hybridized carbons (Fsp3) is 0.318. The van der Waals surface area contributed by atoms with E-state index in [9.17, 15) is 14.4 Å². The molecule has 1 heterocycles. The maximum absolute atomic E-state index is 12.5. The van der Waals surface area contributed by atoms with Gasteiger partial charge in [0.1, 0.15) is 5.75 Å². The molecular formula is C22H24N2O5. The number of methoxy groups -OCH3 is 1. The van der Waals surface area contributed by atoms with Gasteiger partial charge in [-0.25, -0.2) is 0 Å². The van der Waals surface area contributed by atoms with E-state index in [1.807, 2.05) is 32.0 Å². The maximum atomic E-state index is 12.5. The van der Waals surface area contributed by atoms with Crippen LogP contribution in [-0.2, 0) is 19.1 Å². The van der Waals surface area contributed by atoms with E-state index in [1.165, 1.54) is 7.11 Å². The monoisotopic (exact) mass is 396 g/mol. The lowest BCUT2D eigenvalue weighted by Crippen LogP contribution is -2.29. The van der Waals surface area contributed by atoms with Crippen molar-refractivity contribution in [1.29, 1.82) is 0 Å². The van der Waals surface area contributed by atoms with Crippen molar-refractivity contribution in [3.63, 3.8) is 0 Å². The Morgan fingerprint density at radius 2 is 1.83 bits per heavy atom. The smallest absolute Gasteiger partial charge is 0.311 e. The van der Waals surface area contributed by atoms with Crippen molar-refractivity contribution < 1.29 is 23.9 Å². The van der Waals surface area contributed by atoms with Crippen LogP contribution in [0.4, 0.5) is 11.4 Å². The Bertz CT molecular complexity index is 920. The number of amides is 2. The van der Waals surface area contributed by atoms with Gasteiger partial charge in [0.25, 0.3) is 5.91 Å². The highest BCUT2D eigenvalue weighted by molar-refractivity contribution is 6.01. The lowest BCUT2D eigenvalue weighted by atomic mass is 10.1. The number of rotatable bonds is 6. The number of anilines is 2. The van der Waals surface area contributed by atoms with E-state index >= 15 is 0 Å². The fourth-order valence-electron chi connectivity index (χ4n) is 3.47. The second-order valence-corrected chi connectivity index (χ2v) is 7.03. The normalized spacial score (nSPS) is 15.9. The van der Waals surface area contributed by atoms with Crippen LogP contribution in [0.25, 0.3) is 0 Å². The van der Waals surface area contributed by atoms with Gasteiger partial charge in [-0.15, -0.1) is 0 Å². The van der Waals surface area contributed by atoms with Crippen molar-refractivity contribution in [2.45, 2.75) is 20.3 Å². The molecule has 2 aromatic rings. The lowest BCUT2D eigenvalue weighted by Gasteiger charge is -2.21. The first-order valence-electron chi connectivity index (χ1n) is 9.36. The minimum Gasteiger partial charge on any atom is -0.497 e. The quantitative estimate of drug-likeness (QED) is 0.759. The van der Waals surface area contributed by atoms with E-state index in [-0.39, 0.29) is 18.9 Å². The molecule has 0 bridgehead atoms. The average Bonchev–Trinajstić information content (AvgIpc) is 3.07. The van der Waals surface area contributed by atoms with Crippen LogP contribution < -0.4 is 15.0 Å². The number of benzene rings is 2. The van der Waals surface area contributed by atoms with Crippen LogP contribution in [0.1, 0.15) is 17.5 Å². The molecule has 1 saturated heterocycles. The van der Waals surface area contributed by atoms with Crippen molar-refractivity contribution >= 4 is 29.2 Å². The predicted molar refractivity (Wildman–Crippen MR) is 109 cm³/mol. The van der Waals surface area contributed by atoms with Crippen LogP contribution in [-0.4, -0.2) is 38.0 Å². The summed E-state index contributed by atoms with van der Waals surface area (Å²) < 4.78 is 10.3. The zero-order chi connectivity index (χ0) is 21.0. The SMILES string of the molecule is COc1cccc(NC(=O)COC(=O)[C@H]2CC(=O)N(c3c(C)cccc3C)C2)c1. The lowest BCUT2D eigenvalue weighted by molar-refractivity contribution is -0.151. The summed E-state index contributed by atoms with van der Waals surface area (Å²) in [6.07, 6.45) is 0.0735. The zero-order valence-electron chi connectivity index (χ0n) is 16.7. The molecule has 152 valence electrons. The Labute approximate surface area is 169 Å². The topological polar surface area (TPSA) is 84.9 Å². The van der Waals surface area contributed by atoms with Gasteiger partial charge in [0.05, 0.1) is 13.0 Å². The summed E-state index contributed by atoms with van der Waals surface area (Å²) >= 11 is 0. The number of esters is 1. The van der Waals surface area contributed by atoms with Crippen molar-refractivity contribution in [1.82, 2.24) is 0 Å². The minimum absolute atomic E-state index is 0.0735. The number of carbonyl (C=O) groups excluding carboxylic acids is 3. The average molecular weight is 396 g/mol. The second-order valence-electron chi connectivity index (χ2n) is 7.03. The standard InChI is InChI=1S/C22H24N2O5/c1-14-6-4-7-15(2)21(14)24-12-16(10-20(24)26)22(27)29-13-19(25)23-17-8-5-9-18(11-17)28-3/h4-9,11,16H,10,12-13H2,1-3H3,(H,23,25)/t16-/m0/s1. The number of hydrogen-bond acceptors (Lipinski definition) is 5. The molecule has 1 N–H and O–H groups in total. The molecule has 3 rings (SSSR count). The molecular weight excluding hydrogens is 372 g/mol. The van der Waals surface area contributed by atoms with Gasteiger partial charge in [-0.2, -0.15) is 0 Å². The molecule has 1 atom stereocenters. The first-order valence-corrected chi connectivity index (χ1v) is 9.36. The van der Waals surface area contributed by atoms with Crippen molar-refractivity contribution in [3.8, 4) is 5.75 Å². The first-order chi connectivity index (χ1) is 13.9. The van der Waals surface area contributed by atoms with Crippen LogP contribution in [0.2, 0.25) is 0 Å². The number of nitrogens with one attached hydrogen (secondary N) is 1. The minimum atomic E-state index is -0.592. The van der Waals surface area contributed by atoms with Gasteiger partial charge in [-0.1, -0.05) is 24.3 Å². The van der Waals surface area contributed by atoms with Crippen LogP contribution in [0.5, 0.6) is 5.75 Å². The van der Waals surface area contributed by atoms with E-state index < -0.39 is 24.4 Å². The number of para-hydroxylation sites is 1. The third kappa shape index (κ3) is 4.74. The molecule has 0 aromatic heterocycles. The summed E-state index contributed by atoms with van der Waals surface area (Å²) in [6, 6.07) is 12.7. The van der Waals surface area contributed by atoms with E-state index in [2.05, 4.69) is 5.32 Å². The molecule has 0 radical (unpaired) electrons. The summed E-state index contributed by atoms with van der Waals surface area (Å²) in [7, 11) is 1.54. The molecule has 1 aliphatic heterocycles. The molecule has 2 amide bonds. The molecule has 2 aromatic carbocycles. The first kappa shape index (κ1) is 20.4. The fourth-order valence-corrected chi connectivity index (χ4v) is 3.47. The molecule has 0 spiro atoms. The predicted octanol–water partition coefficient (Wildman–Crippen LogP) is 2.85.